The molecule has 0 amide bonds. The first-order valence-electron chi connectivity index (χ1n) is 9.73. The summed E-state index contributed by atoms with van der Waals surface area (Å²) in [6.45, 7) is 0. The zero-order valence-electron chi connectivity index (χ0n) is 17.4. The Morgan fingerprint density at radius 2 is 0.812 bits per heavy atom. The van der Waals surface area contributed by atoms with Crippen molar-refractivity contribution in [3.05, 3.63) is 70.8 Å². The normalized spacial score (nSPS) is 10.7. The molecule has 0 unspecified atom stereocenters. The fourth-order valence-electron chi connectivity index (χ4n) is 4.33. The Bertz CT molecular complexity index is 1310. The Kier molecular flexibility index (Phi) is 5.52. The SMILES string of the molecule is COc1c(C=O)c(C=O)c2ccccc2c1-c1c(OC)c(C=O)c(C=O)c2ccccc12. The molecule has 4 aromatic rings. The third-order valence-electron chi connectivity index (χ3n) is 5.63. The second kappa shape index (κ2) is 8.43. The molecule has 0 saturated heterocycles. The summed E-state index contributed by atoms with van der Waals surface area (Å²) in [5, 5.41) is 2.38. The highest BCUT2D eigenvalue weighted by atomic mass is 16.5. The van der Waals surface area contributed by atoms with E-state index in [0.717, 1.165) is 0 Å². The van der Waals surface area contributed by atoms with Gasteiger partial charge in [-0.2, -0.15) is 0 Å². The van der Waals surface area contributed by atoms with Gasteiger partial charge in [0.15, 0.2) is 25.1 Å². The van der Waals surface area contributed by atoms with Gasteiger partial charge in [-0.15, -0.1) is 0 Å². The molecule has 0 bridgehead atoms. The van der Waals surface area contributed by atoms with Gasteiger partial charge >= 0.3 is 0 Å². The van der Waals surface area contributed by atoms with Crippen molar-refractivity contribution >= 4 is 46.7 Å². The van der Waals surface area contributed by atoms with E-state index in [1.807, 2.05) is 0 Å². The number of hydrogen-bond acceptors (Lipinski definition) is 6. The third kappa shape index (κ3) is 2.88. The van der Waals surface area contributed by atoms with Crippen LogP contribution >= 0.6 is 0 Å². The van der Waals surface area contributed by atoms with Crippen LogP contribution in [0.15, 0.2) is 48.5 Å². The highest BCUT2D eigenvalue weighted by molar-refractivity contribution is 6.20. The summed E-state index contributed by atoms with van der Waals surface area (Å²) in [5.74, 6) is 0.361. The molecular weight excluding hydrogens is 408 g/mol. The molecule has 0 fully saturated rings. The summed E-state index contributed by atoms with van der Waals surface area (Å²) in [5.41, 5.74) is 1.58. The summed E-state index contributed by atoms with van der Waals surface area (Å²) in [6, 6.07) is 14.2. The van der Waals surface area contributed by atoms with Gasteiger partial charge < -0.3 is 9.47 Å². The summed E-state index contributed by atoms with van der Waals surface area (Å²) in [6.07, 6.45) is 2.40. The average molecular weight is 426 g/mol. The molecule has 4 aromatic carbocycles. The average Bonchev–Trinajstić information content (AvgIpc) is 2.85. The van der Waals surface area contributed by atoms with Crippen molar-refractivity contribution in [3.63, 3.8) is 0 Å². The highest BCUT2D eigenvalue weighted by Gasteiger charge is 2.27. The van der Waals surface area contributed by atoms with Gasteiger partial charge in [0.25, 0.3) is 0 Å². The van der Waals surface area contributed by atoms with Gasteiger partial charge in [0.05, 0.1) is 25.3 Å². The Morgan fingerprint density at radius 1 is 0.500 bits per heavy atom. The van der Waals surface area contributed by atoms with Gasteiger partial charge in [0.2, 0.25) is 0 Å². The monoisotopic (exact) mass is 426 g/mol. The van der Waals surface area contributed by atoms with Crippen LogP contribution in [0.5, 0.6) is 11.5 Å². The van der Waals surface area contributed by atoms with E-state index in [1.165, 1.54) is 14.2 Å². The van der Waals surface area contributed by atoms with Crippen molar-refractivity contribution in [1.29, 1.82) is 0 Å². The summed E-state index contributed by atoms with van der Waals surface area (Å²) < 4.78 is 11.3. The van der Waals surface area contributed by atoms with Crippen LogP contribution in [0.1, 0.15) is 41.4 Å². The lowest BCUT2D eigenvalue weighted by Crippen LogP contribution is -2.05. The van der Waals surface area contributed by atoms with Gasteiger partial charge in [-0.25, -0.2) is 0 Å². The number of carbonyl (C=O) groups excluding carboxylic acids is 4. The van der Waals surface area contributed by atoms with E-state index in [2.05, 4.69) is 0 Å². The van der Waals surface area contributed by atoms with Crippen molar-refractivity contribution < 1.29 is 28.7 Å². The van der Waals surface area contributed by atoms with E-state index in [-0.39, 0.29) is 33.8 Å². The van der Waals surface area contributed by atoms with Gasteiger partial charge in [-0.1, -0.05) is 48.5 Å². The lowest BCUT2D eigenvalue weighted by molar-refractivity contribution is 0.109. The largest absolute Gasteiger partial charge is 0.495 e. The molecule has 0 spiro atoms. The molecule has 6 heteroatoms. The van der Waals surface area contributed by atoms with Crippen molar-refractivity contribution in [1.82, 2.24) is 0 Å². The summed E-state index contributed by atoms with van der Waals surface area (Å²) >= 11 is 0. The summed E-state index contributed by atoms with van der Waals surface area (Å²) in [7, 11) is 2.81. The van der Waals surface area contributed by atoms with E-state index in [1.54, 1.807) is 48.5 Å². The predicted octanol–water partition coefficient (Wildman–Crippen LogP) is 4.93. The molecule has 4 rings (SSSR count). The predicted molar refractivity (Wildman–Crippen MR) is 122 cm³/mol. The lowest BCUT2D eigenvalue weighted by atomic mass is 9.85. The molecule has 0 heterocycles. The van der Waals surface area contributed by atoms with Crippen LogP contribution in [0, 0.1) is 0 Å². The fourth-order valence-corrected chi connectivity index (χ4v) is 4.33. The second-order valence-corrected chi connectivity index (χ2v) is 7.03. The standard InChI is InChI=1S/C26H18O6/c1-31-25-21(13-29)19(11-27)15-7-3-5-9-17(15)23(25)24-18-10-6-4-8-16(18)20(12-28)22(14-30)26(24)32-2/h3-14H,1-2H3. The minimum Gasteiger partial charge on any atom is -0.495 e. The van der Waals surface area contributed by atoms with E-state index < -0.39 is 0 Å². The van der Waals surface area contributed by atoms with Crippen molar-refractivity contribution in [2.75, 3.05) is 14.2 Å². The van der Waals surface area contributed by atoms with Crippen molar-refractivity contribution in [3.8, 4) is 22.6 Å². The number of ether oxygens (including phenoxy) is 2. The number of aldehydes is 4. The topological polar surface area (TPSA) is 86.7 Å². The number of hydrogen-bond donors (Lipinski definition) is 0. The zero-order chi connectivity index (χ0) is 22.8. The Morgan fingerprint density at radius 3 is 1.09 bits per heavy atom. The van der Waals surface area contributed by atoms with Crippen LogP contribution in [0.2, 0.25) is 0 Å². The van der Waals surface area contributed by atoms with E-state index in [0.29, 0.717) is 57.8 Å². The van der Waals surface area contributed by atoms with Gasteiger partial charge in [0.1, 0.15) is 11.5 Å². The molecule has 0 radical (unpaired) electrons. The van der Waals surface area contributed by atoms with Crippen LogP contribution in [0.3, 0.4) is 0 Å². The smallest absolute Gasteiger partial charge is 0.154 e. The first kappa shape index (κ1) is 20.9. The molecule has 0 aromatic heterocycles. The quantitative estimate of drug-likeness (QED) is 0.390. The van der Waals surface area contributed by atoms with E-state index in [9.17, 15) is 19.2 Å². The van der Waals surface area contributed by atoms with E-state index >= 15 is 0 Å². The molecule has 0 aliphatic rings. The fraction of sp³-hybridized carbons (Fsp3) is 0.0769. The first-order valence-corrected chi connectivity index (χ1v) is 9.73. The molecule has 6 nitrogen and oxygen atoms in total. The third-order valence-corrected chi connectivity index (χ3v) is 5.63. The molecule has 158 valence electrons. The highest BCUT2D eigenvalue weighted by Crippen LogP contribution is 2.49. The van der Waals surface area contributed by atoms with Crippen LogP contribution in [-0.4, -0.2) is 39.4 Å². The van der Waals surface area contributed by atoms with Crippen LogP contribution in [-0.2, 0) is 0 Å². The number of fused-ring (bicyclic) bond motifs is 2. The van der Waals surface area contributed by atoms with Crippen molar-refractivity contribution in [2.24, 2.45) is 0 Å². The minimum atomic E-state index is 0.0921. The minimum absolute atomic E-state index is 0.0921. The number of methoxy groups -OCH3 is 2. The van der Waals surface area contributed by atoms with Gasteiger partial charge in [0, 0.05) is 22.3 Å². The maximum Gasteiger partial charge on any atom is 0.154 e. The molecular formula is C26H18O6. The Balaban J connectivity index is 2.38. The number of benzene rings is 4. The molecule has 0 saturated carbocycles. The molecule has 0 aliphatic carbocycles. The Labute approximate surface area is 183 Å². The molecule has 0 N–H and O–H groups in total. The van der Waals surface area contributed by atoms with Crippen LogP contribution < -0.4 is 9.47 Å². The van der Waals surface area contributed by atoms with Gasteiger partial charge in [-0.05, 0) is 21.5 Å². The van der Waals surface area contributed by atoms with E-state index in [4.69, 9.17) is 9.47 Å². The first-order chi connectivity index (χ1) is 15.7. The molecule has 32 heavy (non-hydrogen) atoms. The van der Waals surface area contributed by atoms with Gasteiger partial charge in [-0.3, -0.25) is 19.2 Å². The maximum absolute atomic E-state index is 12.1. The Hall–Kier alpha value is -4.32. The van der Waals surface area contributed by atoms with Crippen molar-refractivity contribution in [2.45, 2.75) is 0 Å². The number of carbonyl (C=O) groups is 4. The maximum atomic E-state index is 12.1. The summed E-state index contributed by atoms with van der Waals surface area (Å²) in [4.78, 5) is 47.9. The number of rotatable bonds is 7. The molecule has 0 atom stereocenters. The lowest BCUT2D eigenvalue weighted by Gasteiger charge is -2.22. The zero-order valence-corrected chi connectivity index (χ0v) is 17.4. The van der Waals surface area contributed by atoms with Crippen LogP contribution in [0.25, 0.3) is 32.7 Å². The molecule has 0 aliphatic heterocycles. The van der Waals surface area contributed by atoms with Crippen LogP contribution in [0.4, 0.5) is 0 Å². The second-order valence-electron chi connectivity index (χ2n) is 7.03.